The summed E-state index contributed by atoms with van der Waals surface area (Å²) in [5.41, 5.74) is 4.68. The molecule has 1 aromatic heterocycles. The summed E-state index contributed by atoms with van der Waals surface area (Å²) in [6, 6.07) is 16.7. The van der Waals surface area contributed by atoms with Gasteiger partial charge in [0.25, 0.3) is 0 Å². The number of aromatic amines is 1. The second-order valence-electron chi connectivity index (χ2n) is 8.10. The number of ether oxygens (including phenoxy) is 2. The van der Waals surface area contributed by atoms with E-state index in [1.807, 2.05) is 37.3 Å². The van der Waals surface area contributed by atoms with Gasteiger partial charge in [-0.05, 0) is 56.0 Å². The SMILES string of the molecule is COC[C@@H]1CCCN1CCc1ccc2[nH]c(C)c(C(=O)OCc3ccccc3)c2c1. The molecule has 1 fully saturated rings. The molecule has 0 unspecified atom stereocenters. The Morgan fingerprint density at radius 3 is 2.80 bits per heavy atom. The predicted octanol–water partition coefficient (Wildman–Crippen LogP) is 4.49. The number of fused-ring (bicyclic) bond motifs is 1. The highest BCUT2D eigenvalue weighted by atomic mass is 16.5. The maximum atomic E-state index is 12.8. The van der Waals surface area contributed by atoms with Crippen molar-refractivity contribution < 1.29 is 14.3 Å². The highest BCUT2D eigenvalue weighted by Crippen LogP contribution is 2.25. The van der Waals surface area contributed by atoms with Gasteiger partial charge in [-0.2, -0.15) is 0 Å². The van der Waals surface area contributed by atoms with Gasteiger partial charge in [-0.25, -0.2) is 4.79 Å². The number of aryl methyl sites for hydroxylation is 1. The molecular weight excluding hydrogens is 376 g/mol. The topological polar surface area (TPSA) is 54.6 Å². The van der Waals surface area contributed by atoms with Gasteiger partial charge in [0.15, 0.2) is 0 Å². The first-order valence-electron chi connectivity index (χ1n) is 10.7. The summed E-state index contributed by atoms with van der Waals surface area (Å²) in [7, 11) is 1.77. The average molecular weight is 407 g/mol. The zero-order valence-electron chi connectivity index (χ0n) is 17.8. The quantitative estimate of drug-likeness (QED) is 0.560. The van der Waals surface area contributed by atoms with Crippen molar-refractivity contribution in [3.8, 4) is 0 Å². The van der Waals surface area contributed by atoms with Crippen LogP contribution >= 0.6 is 0 Å². The lowest BCUT2D eigenvalue weighted by molar-refractivity contribution is 0.0474. The highest BCUT2D eigenvalue weighted by Gasteiger charge is 2.24. The van der Waals surface area contributed by atoms with Gasteiger partial charge in [0.05, 0.1) is 12.2 Å². The van der Waals surface area contributed by atoms with Crippen LogP contribution in [0.2, 0.25) is 0 Å². The summed E-state index contributed by atoms with van der Waals surface area (Å²) in [6.07, 6.45) is 3.40. The smallest absolute Gasteiger partial charge is 0.340 e. The molecule has 0 amide bonds. The molecule has 1 aliphatic heterocycles. The summed E-state index contributed by atoms with van der Waals surface area (Å²) in [5.74, 6) is -0.278. The minimum absolute atomic E-state index is 0.278. The Morgan fingerprint density at radius 2 is 2.00 bits per heavy atom. The van der Waals surface area contributed by atoms with E-state index < -0.39 is 0 Å². The number of carbonyl (C=O) groups excluding carboxylic acids is 1. The van der Waals surface area contributed by atoms with Crippen LogP contribution in [0.5, 0.6) is 0 Å². The zero-order chi connectivity index (χ0) is 20.9. The Kier molecular flexibility index (Phi) is 6.50. The number of likely N-dealkylation sites (tertiary alicyclic amines) is 1. The van der Waals surface area contributed by atoms with E-state index in [4.69, 9.17) is 9.47 Å². The maximum absolute atomic E-state index is 12.8. The fourth-order valence-electron chi connectivity index (χ4n) is 4.43. The van der Waals surface area contributed by atoms with E-state index in [2.05, 4.69) is 28.1 Å². The number of rotatable bonds is 8. The van der Waals surface area contributed by atoms with Crippen molar-refractivity contribution in [2.45, 2.75) is 38.8 Å². The number of aromatic nitrogens is 1. The van der Waals surface area contributed by atoms with Crippen LogP contribution in [0.15, 0.2) is 48.5 Å². The van der Waals surface area contributed by atoms with Crippen LogP contribution in [0, 0.1) is 6.92 Å². The molecule has 2 aromatic carbocycles. The van der Waals surface area contributed by atoms with Crippen LogP contribution in [-0.4, -0.2) is 48.7 Å². The van der Waals surface area contributed by atoms with Crippen LogP contribution in [0.25, 0.3) is 10.9 Å². The van der Waals surface area contributed by atoms with Gasteiger partial charge in [-0.15, -0.1) is 0 Å². The Bertz CT molecular complexity index is 996. The molecule has 3 aromatic rings. The Labute approximate surface area is 178 Å². The molecule has 1 aliphatic rings. The Hall–Kier alpha value is -2.63. The van der Waals surface area contributed by atoms with Crippen molar-refractivity contribution in [1.82, 2.24) is 9.88 Å². The van der Waals surface area contributed by atoms with Crippen molar-refractivity contribution in [3.63, 3.8) is 0 Å². The molecule has 30 heavy (non-hydrogen) atoms. The molecule has 0 aliphatic carbocycles. The van der Waals surface area contributed by atoms with Crippen molar-refractivity contribution in [2.24, 2.45) is 0 Å². The lowest BCUT2D eigenvalue weighted by Crippen LogP contribution is -2.34. The largest absolute Gasteiger partial charge is 0.457 e. The number of nitrogens with one attached hydrogen (secondary N) is 1. The Morgan fingerprint density at radius 1 is 1.17 bits per heavy atom. The standard InChI is InChI=1S/C25H30N2O3/c1-18-24(25(28)30-16-20-7-4-3-5-8-20)22-15-19(10-11-23(22)26-18)12-14-27-13-6-9-21(27)17-29-2/h3-5,7-8,10-11,15,21,26H,6,9,12-14,16-17H2,1-2H3/t21-/m0/s1. The van der Waals surface area contributed by atoms with Crippen LogP contribution in [-0.2, 0) is 22.5 Å². The molecule has 1 saturated heterocycles. The number of H-pyrrole nitrogens is 1. The number of hydrogen-bond donors (Lipinski definition) is 1. The fraction of sp³-hybridized carbons (Fsp3) is 0.400. The minimum atomic E-state index is -0.278. The lowest BCUT2D eigenvalue weighted by atomic mass is 10.1. The van der Waals surface area contributed by atoms with Crippen LogP contribution < -0.4 is 0 Å². The molecule has 4 rings (SSSR count). The number of carbonyl (C=O) groups is 1. The summed E-state index contributed by atoms with van der Waals surface area (Å²) >= 11 is 0. The first-order valence-corrected chi connectivity index (χ1v) is 10.7. The number of nitrogens with zero attached hydrogens (tertiary/aromatic N) is 1. The molecule has 1 N–H and O–H groups in total. The van der Waals surface area contributed by atoms with Gasteiger partial charge in [0.2, 0.25) is 0 Å². The third-order valence-electron chi connectivity index (χ3n) is 6.01. The molecule has 158 valence electrons. The predicted molar refractivity (Wildman–Crippen MR) is 119 cm³/mol. The van der Waals surface area contributed by atoms with Gasteiger partial charge in [0.1, 0.15) is 6.61 Å². The van der Waals surface area contributed by atoms with Gasteiger partial charge in [0, 0.05) is 36.3 Å². The number of methoxy groups -OCH3 is 1. The zero-order valence-corrected chi connectivity index (χ0v) is 17.8. The molecule has 0 spiro atoms. The summed E-state index contributed by atoms with van der Waals surface area (Å²) in [4.78, 5) is 18.7. The van der Waals surface area contributed by atoms with E-state index in [1.165, 1.54) is 18.4 Å². The first kappa shape index (κ1) is 20.6. The van der Waals surface area contributed by atoms with Gasteiger partial charge < -0.3 is 14.5 Å². The van der Waals surface area contributed by atoms with Crippen molar-refractivity contribution in [2.75, 3.05) is 26.8 Å². The summed E-state index contributed by atoms with van der Waals surface area (Å²) in [6.45, 7) is 5.15. The third kappa shape index (κ3) is 4.58. The molecule has 1 atom stereocenters. The molecule has 0 saturated carbocycles. The summed E-state index contributed by atoms with van der Waals surface area (Å²) in [5, 5.41) is 0.943. The Balaban J connectivity index is 1.47. The van der Waals surface area contributed by atoms with E-state index in [1.54, 1.807) is 7.11 Å². The second kappa shape index (κ2) is 9.45. The van der Waals surface area contributed by atoms with Crippen molar-refractivity contribution >= 4 is 16.9 Å². The van der Waals surface area contributed by atoms with Gasteiger partial charge in [-0.1, -0.05) is 36.4 Å². The number of esters is 1. The normalized spacial score (nSPS) is 16.9. The van der Waals surface area contributed by atoms with E-state index in [-0.39, 0.29) is 12.6 Å². The van der Waals surface area contributed by atoms with E-state index in [0.717, 1.165) is 48.3 Å². The van der Waals surface area contributed by atoms with E-state index in [9.17, 15) is 4.79 Å². The van der Waals surface area contributed by atoms with Gasteiger partial charge in [-0.3, -0.25) is 4.90 Å². The molecule has 5 nitrogen and oxygen atoms in total. The van der Waals surface area contributed by atoms with Crippen molar-refractivity contribution in [3.05, 3.63) is 70.9 Å². The number of benzene rings is 2. The second-order valence-corrected chi connectivity index (χ2v) is 8.10. The minimum Gasteiger partial charge on any atom is -0.457 e. The number of hydrogen-bond acceptors (Lipinski definition) is 4. The summed E-state index contributed by atoms with van der Waals surface area (Å²) < 4.78 is 11.0. The highest BCUT2D eigenvalue weighted by molar-refractivity contribution is 6.05. The van der Waals surface area contributed by atoms with Crippen LogP contribution in [0.1, 0.15) is 40.0 Å². The molecule has 0 bridgehead atoms. The monoisotopic (exact) mass is 406 g/mol. The average Bonchev–Trinajstić information content (AvgIpc) is 3.34. The van der Waals surface area contributed by atoms with Crippen LogP contribution in [0.3, 0.4) is 0 Å². The van der Waals surface area contributed by atoms with Gasteiger partial charge >= 0.3 is 5.97 Å². The van der Waals surface area contributed by atoms with E-state index >= 15 is 0 Å². The third-order valence-corrected chi connectivity index (χ3v) is 6.01. The van der Waals surface area contributed by atoms with Crippen LogP contribution in [0.4, 0.5) is 0 Å². The first-order chi connectivity index (χ1) is 14.7. The lowest BCUT2D eigenvalue weighted by Gasteiger charge is -2.23. The van der Waals surface area contributed by atoms with Crippen molar-refractivity contribution in [1.29, 1.82) is 0 Å². The fourth-order valence-corrected chi connectivity index (χ4v) is 4.43. The molecule has 2 heterocycles. The van der Waals surface area contributed by atoms with E-state index in [0.29, 0.717) is 11.6 Å². The maximum Gasteiger partial charge on any atom is 0.340 e. The molecular formula is C25H30N2O3. The molecule has 0 radical (unpaired) electrons. The molecule has 5 heteroatoms.